The lowest BCUT2D eigenvalue weighted by molar-refractivity contribution is 0.244. The Balaban J connectivity index is 1.57. The lowest BCUT2D eigenvalue weighted by atomic mass is 10.2. The second-order valence-electron chi connectivity index (χ2n) is 6.66. The molecule has 0 unspecified atom stereocenters. The van der Waals surface area contributed by atoms with Crippen molar-refractivity contribution in [3.63, 3.8) is 0 Å². The van der Waals surface area contributed by atoms with Gasteiger partial charge in [0.2, 0.25) is 0 Å². The van der Waals surface area contributed by atoms with Crippen LogP contribution in [-0.4, -0.2) is 36.6 Å². The first-order valence-corrected chi connectivity index (χ1v) is 11.5. The highest BCUT2D eigenvalue weighted by Crippen LogP contribution is 2.32. The van der Waals surface area contributed by atoms with Crippen LogP contribution in [0.5, 0.6) is 0 Å². The number of benzene rings is 1. The summed E-state index contributed by atoms with van der Waals surface area (Å²) in [5.74, 6) is 0. The monoisotopic (exact) mass is 432 g/mol. The average molecular weight is 433 g/mol. The number of hydrogen-bond donors (Lipinski definition) is 2. The topological polar surface area (TPSA) is 57.3 Å². The number of thiophene rings is 1. The van der Waals surface area contributed by atoms with Crippen molar-refractivity contribution < 1.29 is 4.79 Å². The number of nitrogens with one attached hydrogen (secondary N) is 2. The number of carbonyl (C=O) groups excluding carboxylic acids is 1. The fourth-order valence-corrected chi connectivity index (χ4v) is 5.53. The van der Waals surface area contributed by atoms with Crippen molar-refractivity contribution in [2.75, 3.05) is 26.0 Å². The first-order valence-electron chi connectivity index (χ1n) is 8.87. The van der Waals surface area contributed by atoms with Crippen molar-refractivity contribution >= 4 is 46.2 Å². The number of aromatic nitrogens is 1. The van der Waals surface area contributed by atoms with Crippen LogP contribution in [0.3, 0.4) is 0 Å². The molecule has 1 aromatic carbocycles. The van der Waals surface area contributed by atoms with Crippen LogP contribution < -0.4 is 10.6 Å². The van der Waals surface area contributed by atoms with Crippen molar-refractivity contribution in [3.8, 4) is 0 Å². The van der Waals surface area contributed by atoms with Crippen LogP contribution in [0.2, 0.25) is 0 Å². The molecule has 2 aromatic heterocycles. The van der Waals surface area contributed by atoms with E-state index < -0.39 is 0 Å². The summed E-state index contributed by atoms with van der Waals surface area (Å²) in [4.78, 5) is 21.3. The largest absolute Gasteiger partial charge is 0.336 e. The first kappa shape index (κ1) is 20.9. The van der Waals surface area contributed by atoms with Crippen LogP contribution in [0, 0.1) is 13.8 Å². The van der Waals surface area contributed by atoms with Gasteiger partial charge in [-0.1, -0.05) is 17.8 Å². The summed E-state index contributed by atoms with van der Waals surface area (Å²) in [6, 6.07) is 10.1. The van der Waals surface area contributed by atoms with Gasteiger partial charge in [-0.3, -0.25) is 0 Å². The molecule has 0 radical (unpaired) electrons. The van der Waals surface area contributed by atoms with E-state index in [0.717, 1.165) is 26.2 Å². The molecule has 0 bridgehead atoms. The molecule has 2 N–H and O–H groups in total. The summed E-state index contributed by atoms with van der Waals surface area (Å²) in [7, 11) is 4.04. The highest BCUT2D eigenvalue weighted by atomic mass is 32.2. The van der Waals surface area contributed by atoms with E-state index in [4.69, 9.17) is 0 Å². The van der Waals surface area contributed by atoms with Crippen LogP contribution in [-0.2, 0) is 0 Å². The zero-order chi connectivity index (χ0) is 20.1. The van der Waals surface area contributed by atoms with Crippen LogP contribution in [0.4, 0.5) is 10.5 Å². The Bertz CT molecular complexity index is 921. The van der Waals surface area contributed by atoms with Gasteiger partial charge in [0, 0.05) is 33.1 Å². The van der Waals surface area contributed by atoms with Gasteiger partial charge in [0.1, 0.15) is 0 Å². The van der Waals surface area contributed by atoms with Gasteiger partial charge in [-0.2, -0.15) is 0 Å². The van der Waals surface area contributed by atoms with E-state index in [9.17, 15) is 4.79 Å². The predicted octanol–water partition coefficient (Wildman–Crippen LogP) is 5.40. The molecule has 1 atom stereocenters. The standard InChI is InChI=1S/C20H24N4OS3/c1-13-10-15(28-20-22-14(2)12-27-20)7-8-16(13)23-19(25)21-11-17(24(3)4)18-6-5-9-26-18/h5-10,12,17H,11H2,1-4H3,(H2,21,23,25)/t17-/m0/s1. The normalized spacial score (nSPS) is 12.2. The molecule has 0 fully saturated rings. The summed E-state index contributed by atoms with van der Waals surface area (Å²) >= 11 is 4.99. The summed E-state index contributed by atoms with van der Waals surface area (Å²) < 4.78 is 1.03. The number of urea groups is 1. The van der Waals surface area contributed by atoms with Crippen molar-refractivity contribution in [2.45, 2.75) is 29.1 Å². The van der Waals surface area contributed by atoms with Gasteiger partial charge in [0.05, 0.1) is 6.04 Å². The number of amides is 2. The molecule has 2 heterocycles. The molecule has 8 heteroatoms. The fourth-order valence-electron chi connectivity index (χ4n) is 2.69. The zero-order valence-electron chi connectivity index (χ0n) is 16.4. The second-order valence-corrected chi connectivity index (χ2v) is 9.82. The van der Waals surface area contributed by atoms with E-state index in [1.807, 2.05) is 51.5 Å². The Kier molecular flexibility index (Phi) is 7.12. The molecule has 0 saturated heterocycles. The van der Waals surface area contributed by atoms with Crippen LogP contribution >= 0.6 is 34.4 Å². The molecule has 0 saturated carbocycles. The number of aryl methyl sites for hydroxylation is 2. The minimum atomic E-state index is -0.192. The number of hydrogen-bond acceptors (Lipinski definition) is 6. The van der Waals surface area contributed by atoms with Crippen molar-refractivity contribution in [1.29, 1.82) is 0 Å². The molecule has 3 rings (SSSR count). The maximum atomic E-state index is 12.4. The third kappa shape index (κ3) is 5.57. The minimum Gasteiger partial charge on any atom is -0.336 e. The predicted molar refractivity (Wildman–Crippen MR) is 120 cm³/mol. The van der Waals surface area contributed by atoms with Crippen LogP contribution in [0.25, 0.3) is 0 Å². The number of likely N-dealkylation sites (N-methyl/N-ethyl adjacent to an activating group) is 1. The SMILES string of the molecule is Cc1csc(Sc2ccc(NC(=O)NC[C@@H](c3cccs3)N(C)C)c(C)c2)n1. The molecule has 0 aliphatic carbocycles. The van der Waals surface area contributed by atoms with E-state index in [0.29, 0.717) is 6.54 Å². The Hall–Kier alpha value is -1.87. The van der Waals surface area contributed by atoms with E-state index >= 15 is 0 Å². The Morgan fingerprint density at radius 2 is 2.07 bits per heavy atom. The third-order valence-corrected chi connectivity index (χ3v) is 7.22. The number of nitrogens with zero attached hydrogens (tertiary/aromatic N) is 2. The molecular weight excluding hydrogens is 408 g/mol. The van der Waals surface area contributed by atoms with Crippen LogP contribution in [0.1, 0.15) is 22.2 Å². The highest BCUT2D eigenvalue weighted by Gasteiger charge is 2.16. The van der Waals surface area contributed by atoms with Crippen LogP contribution in [0.15, 0.2) is 50.3 Å². The summed E-state index contributed by atoms with van der Waals surface area (Å²) in [6.07, 6.45) is 0. The molecule has 0 aliphatic rings. The molecule has 3 aromatic rings. The molecular formula is C20H24N4OS3. The second kappa shape index (κ2) is 9.56. The fraction of sp³-hybridized carbons (Fsp3) is 0.300. The zero-order valence-corrected chi connectivity index (χ0v) is 18.8. The summed E-state index contributed by atoms with van der Waals surface area (Å²) in [6.45, 7) is 4.55. The maximum Gasteiger partial charge on any atom is 0.319 e. The summed E-state index contributed by atoms with van der Waals surface area (Å²) in [5, 5.41) is 10.0. The molecule has 0 spiro atoms. The molecule has 148 valence electrons. The van der Waals surface area contributed by atoms with Gasteiger partial charge in [0.25, 0.3) is 0 Å². The first-order chi connectivity index (χ1) is 13.4. The molecule has 28 heavy (non-hydrogen) atoms. The third-order valence-electron chi connectivity index (χ3n) is 4.20. The van der Waals surface area contributed by atoms with E-state index in [-0.39, 0.29) is 12.1 Å². The smallest absolute Gasteiger partial charge is 0.319 e. The molecule has 5 nitrogen and oxygen atoms in total. The Morgan fingerprint density at radius 3 is 2.68 bits per heavy atom. The molecule has 0 aliphatic heterocycles. The van der Waals surface area contributed by atoms with Crippen molar-refractivity contribution in [1.82, 2.24) is 15.2 Å². The maximum absolute atomic E-state index is 12.4. The molecule has 2 amide bonds. The number of rotatable bonds is 7. The lowest BCUT2D eigenvalue weighted by Gasteiger charge is -2.23. The van der Waals surface area contributed by atoms with Crippen molar-refractivity contribution in [2.24, 2.45) is 0 Å². The highest BCUT2D eigenvalue weighted by molar-refractivity contribution is 8.01. The Morgan fingerprint density at radius 1 is 1.25 bits per heavy atom. The van der Waals surface area contributed by atoms with Gasteiger partial charge >= 0.3 is 6.03 Å². The average Bonchev–Trinajstić information content (AvgIpc) is 3.29. The number of anilines is 1. The van der Waals surface area contributed by atoms with Gasteiger partial charge < -0.3 is 15.5 Å². The van der Waals surface area contributed by atoms with Crippen molar-refractivity contribution in [3.05, 3.63) is 57.2 Å². The van der Waals surface area contributed by atoms with Gasteiger partial charge in [-0.25, -0.2) is 9.78 Å². The Labute approximate surface area is 178 Å². The van der Waals surface area contributed by atoms with Gasteiger partial charge in [-0.05, 0) is 63.2 Å². The lowest BCUT2D eigenvalue weighted by Crippen LogP contribution is -2.36. The summed E-state index contributed by atoms with van der Waals surface area (Å²) in [5.41, 5.74) is 2.88. The van der Waals surface area contributed by atoms with E-state index in [1.165, 1.54) is 4.88 Å². The van der Waals surface area contributed by atoms with E-state index in [2.05, 4.69) is 38.0 Å². The minimum absolute atomic E-state index is 0.160. The quantitative estimate of drug-likeness (QED) is 0.525. The van der Waals surface area contributed by atoms with Gasteiger partial charge in [-0.15, -0.1) is 22.7 Å². The van der Waals surface area contributed by atoms with E-state index in [1.54, 1.807) is 34.4 Å². The van der Waals surface area contributed by atoms with Gasteiger partial charge in [0.15, 0.2) is 4.34 Å². The number of carbonyl (C=O) groups is 1. The number of thiazole rings is 1.